The highest BCUT2D eigenvalue weighted by molar-refractivity contribution is 5.18. The molecule has 84 valence electrons. The SMILES string of the molecule is CCCC(CC)N[C@H](C)c1ccccc1. The highest BCUT2D eigenvalue weighted by Crippen LogP contribution is 2.14. The van der Waals surface area contributed by atoms with Crippen LogP contribution in [0.25, 0.3) is 0 Å². The lowest BCUT2D eigenvalue weighted by Gasteiger charge is -2.22. The van der Waals surface area contributed by atoms with Crippen molar-refractivity contribution in [3.8, 4) is 0 Å². The molecule has 1 heteroatoms. The molecule has 1 aromatic rings. The van der Waals surface area contributed by atoms with Crippen LogP contribution in [0.15, 0.2) is 30.3 Å². The molecule has 0 saturated heterocycles. The third-order valence-corrected chi connectivity index (χ3v) is 2.92. The maximum Gasteiger partial charge on any atom is 0.0294 e. The zero-order valence-corrected chi connectivity index (χ0v) is 10.2. The van der Waals surface area contributed by atoms with Crippen LogP contribution < -0.4 is 5.32 Å². The number of rotatable bonds is 6. The van der Waals surface area contributed by atoms with E-state index in [1.807, 2.05) is 0 Å². The standard InChI is InChI=1S/C14H23N/c1-4-9-14(5-2)15-12(3)13-10-7-6-8-11-13/h6-8,10-12,14-15H,4-5,9H2,1-3H3/t12-,14?/m1/s1. The first kappa shape index (κ1) is 12.3. The molecular weight excluding hydrogens is 182 g/mol. The summed E-state index contributed by atoms with van der Waals surface area (Å²) in [5.74, 6) is 0. The maximum absolute atomic E-state index is 3.68. The lowest BCUT2D eigenvalue weighted by Crippen LogP contribution is -2.30. The van der Waals surface area contributed by atoms with Crippen LogP contribution in [0.4, 0.5) is 0 Å². The van der Waals surface area contributed by atoms with Gasteiger partial charge in [-0.1, -0.05) is 50.6 Å². The Morgan fingerprint density at radius 2 is 1.80 bits per heavy atom. The van der Waals surface area contributed by atoms with Crippen LogP contribution in [-0.2, 0) is 0 Å². The van der Waals surface area contributed by atoms with Crippen molar-refractivity contribution in [3.63, 3.8) is 0 Å². The van der Waals surface area contributed by atoms with Crippen LogP contribution >= 0.6 is 0 Å². The fourth-order valence-electron chi connectivity index (χ4n) is 1.95. The van der Waals surface area contributed by atoms with Crippen LogP contribution in [0.1, 0.15) is 51.6 Å². The zero-order chi connectivity index (χ0) is 11.1. The molecule has 0 aliphatic rings. The Morgan fingerprint density at radius 3 is 2.33 bits per heavy atom. The number of hydrogen-bond acceptors (Lipinski definition) is 1. The quantitative estimate of drug-likeness (QED) is 0.742. The number of hydrogen-bond donors (Lipinski definition) is 1. The van der Waals surface area contributed by atoms with E-state index in [1.165, 1.54) is 24.8 Å². The van der Waals surface area contributed by atoms with Crippen molar-refractivity contribution in [1.82, 2.24) is 5.32 Å². The molecule has 0 aliphatic heterocycles. The van der Waals surface area contributed by atoms with Crippen LogP contribution in [0.3, 0.4) is 0 Å². The summed E-state index contributed by atoms with van der Waals surface area (Å²) in [4.78, 5) is 0. The van der Waals surface area contributed by atoms with Crippen LogP contribution in [0, 0.1) is 0 Å². The Morgan fingerprint density at radius 1 is 1.13 bits per heavy atom. The topological polar surface area (TPSA) is 12.0 Å². The monoisotopic (exact) mass is 205 g/mol. The summed E-state index contributed by atoms with van der Waals surface area (Å²) in [5, 5.41) is 3.68. The maximum atomic E-state index is 3.68. The second kappa shape index (κ2) is 6.62. The van der Waals surface area contributed by atoms with Crippen molar-refractivity contribution < 1.29 is 0 Å². The number of nitrogens with one attached hydrogen (secondary N) is 1. The van der Waals surface area contributed by atoms with Crippen LogP contribution in [-0.4, -0.2) is 6.04 Å². The predicted octanol–water partition coefficient (Wildman–Crippen LogP) is 3.92. The Balaban J connectivity index is 2.50. The average Bonchev–Trinajstić information content (AvgIpc) is 2.29. The zero-order valence-electron chi connectivity index (χ0n) is 10.2. The second-order valence-electron chi connectivity index (χ2n) is 4.19. The normalized spacial score (nSPS) is 14.9. The largest absolute Gasteiger partial charge is 0.307 e. The molecule has 1 nitrogen and oxygen atoms in total. The van der Waals surface area contributed by atoms with E-state index in [-0.39, 0.29) is 0 Å². The summed E-state index contributed by atoms with van der Waals surface area (Å²) >= 11 is 0. The van der Waals surface area contributed by atoms with Gasteiger partial charge in [0.15, 0.2) is 0 Å². The molecule has 0 saturated carbocycles. The van der Waals surface area contributed by atoms with Gasteiger partial charge in [0, 0.05) is 12.1 Å². The molecular formula is C14H23N. The van der Waals surface area contributed by atoms with E-state index in [2.05, 4.69) is 56.4 Å². The van der Waals surface area contributed by atoms with Gasteiger partial charge in [-0.3, -0.25) is 0 Å². The summed E-state index contributed by atoms with van der Waals surface area (Å²) in [6.07, 6.45) is 3.74. The Bertz CT molecular complexity index is 255. The van der Waals surface area contributed by atoms with Gasteiger partial charge in [-0.2, -0.15) is 0 Å². The third kappa shape index (κ3) is 4.05. The first-order chi connectivity index (χ1) is 7.27. The Labute approximate surface area is 93.9 Å². The lowest BCUT2D eigenvalue weighted by atomic mass is 10.0. The van der Waals surface area contributed by atoms with Crippen molar-refractivity contribution in [2.45, 2.75) is 52.1 Å². The van der Waals surface area contributed by atoms with Gasteiger partial charge in [-0.05, 0) is 25.3 Å². The molecule has 2 atom stereocenters. The van der Waals surface area contributed by atoms with Gasteiger partial charge in [0.05, 0.1) is 0 Å². The summed E-state index contributed by atoms with van der Waals surface area (Å²) in [7, 11) is 0. The van der Waals surface area contributed by atoms with Gasteiger partial charge in [0.2, 0.25) is 0 Å². The van der Waals surface area contributed by atoms with E-state index in [9.17, 15) is 0 Å². The van der Waals surface area contributed by atoms with Crippen LogP contribution in [0.2, 0.25) is 0 Å². The first-order valence-electron chi connectivity index (χ1n) is 6.08. The highest BCUT2D eigenvalue weighted by atomic mass is 14.9. The van der Waals surface area contributed by atoms with E-state index in [1.54, 1.807) is 0 Å². The third-order valence-electron chi connectivity index (χ3n) is 2.92. The minimum atomic E-state index is 0.461. The fraction of sp³-hybridized carbons (Fsp3) is 0.571. The van der Waals surface area contributed by atoms with E-state index in [0.29, 0.717) is 12.1 Å². The lowest BCUT2D eigenvalue weighted by molar-refractivity contribution is 0.417. The molecule has 0 aliphatic carbocycles. The fourth-order valence-corrected chi connectivity index (χ4v) is 1.95. The molecule has 1 aromatic carbocycles. The summed E-state index contributed by atoms with van der Waals surface area (Å²) < 4.78 is 0. The molecule has 1 N–H and O–H groups in total. The van der Waals surface area contributed by atoms with E-state index in [4.69, 9.17) is 0 Å². The summed E-state index contributed by atoms with van der Waals surface area (Å²) in [5.41, 5.74) is 1.38. The van der Waals surface area contributed by atoms with Crippen molar-refractivity contribution in [2.24, 2.45) is 0 Å². The van der Waals surface area contributed by atoms with Gasteiger partial charge in [-0.25, -0.2) is 0 Å². The molecule has 0 aromatic heterocycles. The highest BCUT2D eigenvalue weighted by Gasteiger charge is 2.10. The predicted molar refractivity (Wildman–Crippen MR) is 67.0 cm³/mol. The van der Waals surface area contributed by atoms with Gasteiger partial charge >= 0.3 is 0 Å². The number of benzene rings is 1. The van der Waals surface area contributed by atoms with Crippen molar-refractivity contribution in [1.29, 1.82) is 0 Å². The van der Waals surface area contributed by atoms with Gasteiger partial charge in [0.1, 0.15) is 0 Å². The molecule has 0 bridgehead atoms. The van der Waals surface area contributed by atoms with E-state index < -0.39 is 0 Å². The van der Waals surface area contributed by atoms with Crippen molar-refractivity contribution in [3.05, 3.63) is 35.9 Å². The Hall–Kier alpha value is -0.820. The molecule has 1 rings (SSSR count). The summed E-state index contributed by atoms with van der Waals surface area (Å²) in [6.45, 7) is 6.75. The second-order valence-corrected chi connectivity index (χ2v) is 4.19. The van der Waals surface area contributed by atoms with Gasteiger partial charge < -0.3 is 5.32 Å². The molecule has 0 spiro atoms. The molecule has 15 heavy (non-hydrogen) atoms. The van der Waals surface area contributed by atoms with Crippen LogP contribution in [0.5, 0.6) is 0 Å². The van der Waals surface area contributed by atoms with Crippen molar-refractivity contribution >= 4 is 0 Å². The Kier molecular flexibility index (Phi) is 5.41. The minimum absolute atomic E-state index is 0.461. The molecule has 0 fully saturated rings. The first-order valence-corrected chi connectivity index (χ1v) is 6.08. The molecule has 1 unspecified atom stereocenters. The van der Waals surface area contributed by atoms with E-state index >= 15 is 0 Å². The van der Waals surface area contributed by atoms with Gasteiger partial charge in [0.25, 0.3) is 0 Å². The van der Waals surface area contributed by atoms with Gasteiger partial charge in [-0.15, -0.1) is 0 Å². The average molecular weight is 205 g/mol. The van der Waals surface area contributed by atoms with Crippen molar-refractivity contribution in [2.75, 3.05) is 0 Å². The molecule has 0 amide bonds. The van der Waals surface area contributed by atoms with E-state index in [0.717, 1.165) is 0 Å². The minimum Gasteiger partial charge on any atom is -0.307 e. The molecule has 0 radical (unpaired) electrons. The smallest absolute Gasteiger partial charge is 0.0294 e. The molecule has 0 heterocycles. The summed E-state index contributed by atoms with van der Waals surface area (Å²) in [6, 6.07) is 11.8.